The van der Waals surface area contributed by atoms with Crippen LogP contribution >= 0.6 is 0 Å². The number of aliphatic hydroxyl groups is 1. The molecule has 1 amide bonds. The number of fused-ring (bicyclic) bond motifs is 11. The molecule has 4 aliphatic rings. The monoisotopic (exact) mass is 435 g/mol. The fourth-order valence-electron chi connectivity index (χ4n) is 7.90. The van der Waals surface area contributed by atoms with Crippen LogP contribution in [0.3, 0.4) is 0 Å². The largest absolute Gasteiger partial charge is 0.396 e. The van der Waals surface area contributed by atoms with Gasteiger partial charge in [-0.15, -0.1) is 0 Å². The molecular formula is C27H21N3O3. The third-order valence-corrected chi connectivity index (χ3v) is 9.32. The lowest BCUT2D eigenvalue weighted by atomic mass is 9.96. The summed E-state index contributed by atoms with van der Waals surface area (Å²) in [5.74, 6) is 0.203. The zero-order valence-electron chi connectivity index (χ0n) is 18.1. The highest BCUT2D eigenvalue weighted by Gasteiger charge is 2.82. The molecule has 6 nitrogen and oxygen atoms in total. The summed E-state index contributed by atoms with van der Waals surface area (Å²) in [6.07, 6.45) is 0.579. The minimum atomic E-state index is -0.578. The Bertz CT molecular complexity index is 1780. The number of hydrogen-bond donors (Lipinski definition) is 2. The molecule has 33 heavy (non-hydrogen) atoms. The Morgan fingerprint density at radius 3 is 2.58 bits per heavy atom. The Labute approximate surface area is 188 Å². The number of carbonyl (C=O) groups is 1. The summed E-state index contributed by atoms with van der Waals surface area (Å²) in [6.45, 7) is 2.84. The molecule has 0 radical (unpaired) electrons. The molecule has 2 fully saturated rings. The van der Waals surface area contributed by atoms with Crippen LogP contribution in [0, 0.1) is 11.3 Å². The molecule has 3 aromatic carbocycles. The molecule has 1 saturated carbocycles. The van der Waals surface area contributed by atoms with Gasteiger partial charge in [0.05, 0.1) is 39.7 Å². The number of aromatic nitrogens is 2. The molecule has 2 aromatic heterocycles. The van der Waals surface area contributed by atoms with Crippen molar-refractivity contribution in [3.05, 3.63) is 59.7 Å². The van der Waals surface area contributed by atoms with Crippen LogP contribution < -0.4 is 5.32 Å². The lowest BCUT2D eigenvalue weighted by Gasteiger charge is -2.22. The molecule has 1 spiro atoms. The number of nitrogens with zero attached hydrogens (tertiary/aromatic N) is 2. The summed E-state index contributed by atoms with van der Waals surface area (Å²) in [5.41, 5.74) is 5.43. The molecule has 5 heterocycles. The normalized spacial score (nSPS) is 31.0. The molecule has 3 aliphatic heterocycles. The van der Waals surface area contributed by atoms with E-state index >= 15 is 0 Å². The number of benzene rings is 3. The van der Waals surface area contributed by atoms with Crippen molar-refractivity contribution in [2.24, 2.45) is 11.3 Å². The number of carbonyl (C=O) groups excluding carboxylic acids is 1. The van der Waals surface area contributed by atoms with Gasteiger partial charge in [-0.25, -0.2) is 0 Å². The highest BCUT2D eigenvalue weighted by Crippen LogP contribution is 2.78. The zero-order valence-corrected chi connectivity index (χ0v) is 18.1. The average molecular weight is 435 g/mol. The van der Waals surface area contributed by atoms with Crippen LogP contribution in [-0.2, 0) is 17.0 Å². The summed E-state index contributed by atoms with van der Waals surface area (Å²) in [5, 5.41) is 18.2. The first-order valence-electron chi connectivity index (χ1n) is 11.7. The van der Waals surface area contributed by atoms with Crippen LogP contribution in [0.2, 0.25) is 0 Å². The van der Waals surface area contributed by atoms with Gasteiger partial charge in [-0.1, -0.05) is 43.3 Å². The Morgan fingerprint density at radius 2 is 1.79 bits per heavy atom. The van der Waals surface area contributed by atoms with Crippen molar-refractivity contribution in [3.8, 4) is 0 Å². The molecule has 1 saturated heterocycles. The molecule has 2 bridgehead atoms. The number of nitrogens with one attached hydrogen (secondary N) is 1. The lowest BCUT2D eigenvalue weighted by molar-refractivity contribution is -0.0814. The van der Waals surface area contributed by atoms with Gasteiger partial charge in [-0.05, 0) is 17.7 Å². The summed E-state index contributed by atoms with van der Waals surface area (Å²) in [6, 6.07) is 16.8. The van der Waals surface area contributed by atoms with E-state index in [1.165, 1.54) is 0 Å². The summed E-state index contributed by atoms with van der Waals surface area (Å²) < 4.78 is 11.7. The molecule has 4 unspecified atom stereocenters. The highest BCUT2D eigenvalue weighted by atomic mass is 16.6. The maximum absolute atomic E-state index is 13.2. The van der Waals surface area contributed by atoms with E-state index in [-0.39, 0.29) is 30.1 Å². The Hall–Kier alpha value is -3.35. The quantitative estimate of drug-likeness (QED) is 0.411. The molecular weight excluding hydrogens is 414 g/mol. The smallest absolute Gasteiger partial charge is 0.252 e. The van der Waals surface area contributed by atoms with Gasteiger partial charge in [-0.2, -0.15) is 0 Å². The van der Waals surface area contributed by atoms with Gasteiger partial charge in [0.25, 0.3) is 5.91 Å². The van der Waals surface area contributed by atoms with E-state index in [2.05, 4.69) is 63.8 Å². The second-order valence-electron chi connectivity index (χ2n) is 10.2. The maximum Gasteiger partial charge on any atom is 0.252 e. The predicted octanol–water partition coefficient (Wildman–Crippen LogP) is 4.36. The van der Waals surface area contributed by atoms with Crippen LogP contribution in [0.4, 0.5) is 0 Å². The third kappa shape index (κ3) is 1.47. The zero-order chi connectivity index (χ0) is 21.9. The first kappa shape index (κ1) is 17.2. The van der Waals surface area contributed by atoms with Gasteiger partial charge in [0.15, 0.2) is 5.72 Å². The highest BCUT2D eigenvalue weighted by molar-refractivity contribution is 6.31. The molecule has 4 atom stereocenters. The minimum absolute atomic E-state index is 0.00428. The van der Waals surface area contributed by atoms with E-state index in [9.17, 15) is 9.90 Å². The van der Waals surface area contributed by atoms with Gasteiger partial charge < -0.3 is 24.3 Å². The average Bonchev–Trinajstić information content (AvgIpc) is 3.35. The number of ether oxygens (including phenoxy) is 1. The molecule has 2 N–H and O–H groups in total. The number of para-hydroxylation sites is 2. The van der Waals surface area contributed by atoms with Gasteiger partial charge >= 0.3 is 0 Å². The number of rotatable bonds is 1. The third-order valence-electron chi connectivity index (χ3n) is 9.32. The van der Waals surface area contributed by atoms with E-state index in [0.29, 0.717) is 6.54 Å². The molecule has 9 rings (SSSR count). The van der Waals surface area contributed by atoms with Gasteiger partial charge in [0.1, 0.15) is 6.23 Å². The van der Waals surface area contributed by atoms with Crippen LogP contribution in [0.5, 0.6) is 0 Å². The Kier molecular flexibility index (Phi) is 2.57. The molecule has 5 aromatic rings. The van der Waals surface area contributed by atoms with E-state index < -0.39 is 5.72 Å². The van der Waals surface area contributed by atoms with E-state index in [1.807, 2.05) is 6.07 Å². The standard InChI is InChI=1S/C27H21N3O3/c1-13-26(12-31)10-19-29-17-8-4-2-6-14(17)21-22-16(11-28-25(22)32)20-15-7-3-5-9-18(15)30(24(20)23(21)29)27(13,26)33-19/h2-9,13,19,31H,10-12H2,1H3,(H,28,32). The van der Waals surface area contributed by atoms with Crippen molar-refractivity contribution >= 4 is 49.5 Å². The predicted molar refractivity (Wildman–Crippen MR) is 125 cm³/mol. The van der Waals surface area contributed by atoms with Crippen molar-refractivity contribution in [2.45, 2.75) is 31.8 Å². The first-order valence-corrected chi connectivity index (χ1v) is 11.7. The van der Waals surface area contributed by atoms with Crippen molar-refractivity contribution in [1.82, 2.24) is 14.5 Å². The van der Waals surface area contributed by atoms with Crippen molar-refractivity contribution in [3.63, 3.8) is 0 Å². The van der Waals surface area contributed by atoms with Gasteiger partial charge in [-0.3, -0.25) is 4.79 Å². The van der Waals surface area contributed by atoms with Gasteiger partial charge in [0.2, 0.25) is 0 Å². The van der Waals surface area contributed by atoms with Crippen molar-refractivity contribution in [1.29, 1.82) is 0 Å². The van der Waals surface area contributed by atoms with Crippen LogP contribution in [-0.4, -0.2) is 26.8 Å². The fourth-order valence-corrected chi connectivity index (χ4v) is 7.90. The van der Waals surface area contributed by atoms with Crippen LogP contribution in [0.25, 0.3) is 43.6 Å². The summed E-state index contributed by atoms with van der Waals surface area (Å²) in [7, 11) is 0. The molecule has 1 aliphatic carbocycles. The van der Waals surface area contributed by atoms with Crippen molar-refractivity contribution < 1.29 is 14.6 Å². The van der Waals surface area contributed by atoms with Crippen LogP contribution in [0.15, 0.2) is 48.5 Å². The second-order valence-corrected chi connectivity index (χ2v) is 10.2. The van der Waals surface area contributed by atoms with Crippen molar-refractivity contribution in [2.75, 3.05) is 6.61 Å². The fraction of sp³-hybridized carbons (Fsp3) is 0.296. The number of aliphatic hydroxyl groups excluding tert-OH is 1. The van der Waals surface area contributed by atoms with Gasteiger partial charge in [0, 0.05) is 40.4 Å². The van der Waals surface area contributed by atoms with E-state index in [0.717, 1.165) is 61.2 Å². The van der Waals surface area contributed by atoms with E-state index in [4.69, 9.17) is 4.74 Å². The minimum Gasteiger partial charge on any atom is -0.396 e. The Morgan fingerprint density at radius 1 is 1.06 bits per heavy atom. The number of hydrogen-bond acceptors (Lipinski definition) is 3. The summed E-state index contributed by atoms with van der Waals surface area (Å²) >= 11 is 0. The topological polar surface area (TPSA) is 68.4 Å². The summed E-state index contributed by atoms with van der Waals surface area (Å²) in [4.78, 5) is 13.2. The second kappa shape index (κ2) is 4.93. The lowest BCUT2D eigenvalue weighted by Crippen LogP contribution is -2.25. The Balaban J connectivity index is 1.67. The SMILES string of the molecule is CC1C2(CO)CC3OC12n1c2ccccc2c2c4c(c5c6ccccc6n3c5c21)C(=O)NC4. The number of amides is 1. The maximum atomic E-state index is 13.2. The molecule has 6 heteroatoms. The van der Waals surface area contributed by atoms with E-state index in [1.54, 1.807) is 0 Å². The van der Waals surface area contributed by atoms with Crippen LogP contribution in [0.1, 0.15) is 35.5 Å². The molecule has 162 valence electrons. The first-order chi connectivity index (χ1) is 16.1.